The fourth-order valence-electron chi connectivity index (χ4n) is 2.64. The van der Waals surface area contributed by atoms with Crippen LogP contribution in [0.5, 0.6) is 11.5 Å². The predicted octanol–water partition coefficient (Wildman–Crippen LogP) is 3.67. The van der Waals surface area contributed by atoms with E-state index in [2.05, 4.69) is 36.9 Å². The van der Waals surface area contributed by atoms with Crippen molar-refractivity contribution < 1.29 is 9.47 Å². The third-order valence-electron chi connectivity index (χ3n) is 3.58. The first-order chi connectivity index (χ1) is 9.65. The number of hydrogen-bond donors (Lipinski definition) is 0. The van der Waals surface area contributed by atoms with Gasteiger partial charge in [-0.25, -0.2) is 0 Å². The Morgan fingerprint density at radius 1 is 1.05 bits per heavy atom. The summed E-state index contributed by atoms with van der Waals surface area (Å²) < 4.78 is 11.1. The van der Waals surface area contributed by atoms with E-state index in [1.54, 1.807) is 7.11 Å². The molecular formula is C17H19NO2. The molecule has 0 unspecified atom stereocenters. The van der Waals surface area contributed by atoms with Crippen molar-refractivity contribution in [3.8, 4) is 11.5 Å². The first-order valence-corrected chi connectivity index (χ1v) is 6.78. The molecule has 0 aliphatic carbocycles. The van der Waals surface area contributed by atoms with E-state index in [4.69, 9.17) is 9.47 Å². The summed E-state index contributed by atoms with van der Waals surface area (Å²) in [6, 6.07) is 12.5. The highest BCUT2D eigenvalue weighted by molar-refractivity contribution is 5.54. The smallest absolute Gasteiger partial charge is 0.161 e. The monoisotopic (exact) mass is 269 g/mol. The van der Waals surface area contributed by atoms with Crippen molar-refractivity contribution in [2.45, 2.75) is 20.4 Å². The molecule has 1 aliphatic heterocycles. The first kappa shape index (κ1) is 12.9. The molecule has 0 radical (unpaired) electrons. The Morgan fingerprint density at radius 2 is 1.80 bits per heavy atom. The molecule has 0 bridgehead atoms. The van der Waals surface area contributed by atoms with Gasteiger partial charge in [-0.3, -0.25) is 0 Å². The zero-order valence-corrected chi connectivity index (χ0v) is 12.1. The summed E-state index contributed by atoms with van der Waals surface area (Å²) in [6.45, 7) is 5.67. The van der Waals surface area contributed by atoms with E-state index in [1.165, 1.54) is 16.8 Å². The fraction of sp³-hybridized carbons (Fsp3) is 0.294. The molecular weight excluding hydrogens is 250 g/mol. The van der Waals surface area contributed by atoms with Crippen LogP contribution in [-0.4, -0.2) is 13.8 Å². The van der Waals surface area contributed by atoms with E-state index < -0.39 is 0 Å². The molecule has 0 fully saturated rings. The highest BCUT2D eigenvalue weighted by Crippen LogP contribution is 2.31. The summed E-state index contributed by atoms with van der Waals surface area (Å²) in [5.41, 5.74) is 4.92. The van der Waals surface area contributed by atoms with Crippen molar-refractivity contribution >= 4 is 5.69 Å². The molecule has 0 atom stereocenters. The van der Waals surface area contributed by atoms with Gasteiger partial charge in [-0.15, -0.1) is 0 Å². The van der Waals surface area contributed by atoms with Crippen molar-refractivity contribution in [3.63, 3.8) is 0 Å². The third kappa shape index (κ3) is 2.44. The number of nitrogens with zero attached hydrogens (tertiary/aromatic N) is 1. The minimum Gasteiger partial charge on any atom is -0.497 e. The molecule has 0 aromatic heterocycles. The second-order valence-corrected chi connectivity index (χ2v) is 5.29. The topological polar surface area (TPSA) is 21.7 Å². The summed E-state index contributed by atoms with van der Waals surface area (Å²) in [4.78, 5) is 2.24. The van der Waals surface area contributed by atoms with Crippen LogP contribution in [0.2, 0.25) is 0 Å². The molecule has 104 valence electrons. The zero-order valence-electron chi connectivity index (χ0n) is 12.1. The second-order valence-electron chi connectivity index (χ2n) is 5.29. The highest BCUT2D eigenvalue weighted by Gasteiger charge is 2.18. The number of rotatable bonds is 2. The highest BCUT2D eigenvalue weighted by atomic mass is 16.5. The number of anilines is 1. The second kappa shape index (κ2) is 5.08. The molecule has 1 heterocycles. The van der Waals surface area contributed by atoms with Crippen LogP contribution in [0, 0.1) is 13.8 Å². The average Bonchev–Trinajstić information content (AvgIpc) is 2.45. The summed E-state index contributed by atoms with van der Waals surface area (Å²) in [5, 5.41) is 0. The predicted molar refractivity (Wildman–Crippen MR) is 80.6 cm³/mol. The Labute approximate surface area is 119 Å². The van der Waals surface area contributed by atoms with Crippen molar-refractivity contribution in [3.05, 3.63) is 53.1 Å². The van der Waals surface area contributed by atoms with Gasteiger partial charge >= 0.3 is 0 Å². The number of methoxy groups -OCH3 is 1. The van der Waals surface area contributed by atoms with E-state index in [-0.39, 0.29) is 0 Å². The molecule has 3 nitrogen and oxygen atoms in total. The van der Waals surface area contributed by atoms with Gasteiger partial charge in [0.1, 0.15) is 11.5 Å². The van der Waals surface area contributed by atoms with Crippen LogP contribution in [0.1, 0.15) is 16.7 Å². The van der Waals surface area contributed by atoms with Gasteiger partial charge in [-0.1, -0.05) is 6.07 Å². The molecule has 3 rings (SSSR count). The number of benzene rings is 2. The van der Waals surface area contributed by atoms with Gasteiger partial charge in [-0.05, 0) is 55.3 Å². The maximum Gasteiger partial charge on any atom is 0.161 e. The molecule has 2 aromatic rings. The van der Waals surface area contributed by atoms with Gasteiger partial charge in [0.25, 0.3) is 0 Å². The van der Waals surface area contributed by atoms with Gasteiger partial charge in [0.05, 0.1) is 7.11 Å². The van der Waals surface area contributed by atoms with E-state index in [0.29, 0.717) is 6.73 Å². The Hall–Kier alpha value is -2.16. The van der Waals surface area contributed by atoms with E-state index in [1.807, 2.05) is 18.2 Å². The van der Waals surface area contributed by atoms with E-state index in [0.717, 1.165) is 23.6 Å². The van der Waals surface area contributed by atoms with Crippen LogP contribution in [-0.2, 0) is 6.54 Å². The van der Waals surface area contributed by atoms with Gasteiger partial charge in [0, 0.05) is 17.8 Å². The molecule has 0 saturated carbocycles. The summed E-state index contributed by atoms with van der Waals surface area (Å²) >= 11 is 0. The standard InChI is InChI=1S/C17H19NO2/c1-12-6-13(2)8-15(7-12)18-10-14-9-16(19-3)4-5-17(14)20-11-18/h4-9H,10-11H2,1-3H3. The minimum absolute atomic E-state index is 0.586. The summed E-state index contributed by atoms with van der Waals surface area (Å²) in [6.07, 6.45) is 0. The number of fused-ring (bicyclic) bond motifs is 1. The van der Waals surface area contributed by atoms with Crippen LogP contribution in [0.3, 0.4) is 0 Å². The Bertz CT molecular complexity index is 617. The lowest BCUT2D eigenvalue weighted by molar-refractivity contribution is 0.288. The molecule has 0 N–H and O–H groups in total. The van der Waals surface area contributed by atoms with Gasteiger partial charge in [0.2, 0.25) is 0 Å². The zero-order chi connectivity index (χ0) is 14.1. The minimum atomic E-state index is 0.586. The Kier molecular flexibility index (Phi) is 3.26. The lowest BCUT2D eigenvalue weighted by Gasteiger charge is -2.31. The van der Waals surface area contributed by atoms with Crippen LogP contribution in [0.25, 0.3) is 0 Å². The van der Waals surface area contributed by atoms with Crippen LogP contribution < -0.4 is 14.4 Å². The van der Waals surface area contributed by atoms with Crippen LogP contribution in [0.15, 0.2) is 36.4 Å². The largest absolute Gasteiger partial charge is 0.497 e. The average molecular weight is 269 g/mol. The van der Waals surface area contributed by atoms with Gasteiger partial charge in [0.15, 0.2) is 6.73 Å². The summed E-state index contributed by atoms with van der Waals surface area (Å²) in [7, 11) is 1.69. The molecule has 0 saturated heterocycles. The molecule has 2 aromatic carbocycles. The maximum absolute atomic E-state index is 5.84. The van der Waals surface area contributed by atoms with Crippen molar-refractivity contribution in [1.82, 2.24) is 0 Å². The third-order valence-corrected chi connectivity index (χ3v) is 3.58. The lowest BCUT2D eigenvalue weighted by atomic mass is 10.1. The number of hydrogen-bond acceptors (Lipinski definition) is 3. The normalized spacial score (nSPS) is 13.7. The molecule has 20 heavy (non-hydrogen) atoms. The van der Waals surface area contributed by atoms with Gasteiger partial charge in [-0.2, -0.15) is 0 Å². The SMILES string of the molecule is COc1ccc2c(c1)CN(c1cc(C)cc(C)c1)CO2. The lowest BCUT2D eigenvalue weighted by Crippen LogP contribution is -2.31. The molecule has 0 amide bonds. The van der Waals surface area contributed by atoms with Crippen molar-refractivity contribution in [2.75, 3.05) is 18.7 Å². The fourth-order valence-corrected chi connectivity index (χ4v) is 2.64. The first-order valence-electron chi connectivity index (χ1n) is 6.78. The van der Waals surface area contributed by atoms with Crippen LogP contribution in [0.4, 0.5) is 5.69 Å². The van der Waals surface area contributed by atoms with E-state index in [9.17, 15) is 0 Å². The van der Waals surface area contributed by atoms with Gasteiger partial charge < -0.3 is 14.4 Å². The maximum atomic E-state index is 5.84. The molecule has 1 aliphatic rings. The summed E-state index contributed by atoms with van der Waals surface area (Å²) in [5.74, 6) is 1.82. The Morgan fingerprint density at radius 3 is 2.50 bits per heavy atom. The number of ether oxygens (including phenoxy) is 2. The molecule has 3 heteroatoms. The van der Waals surface area contributed by atoms with E-state index >= 15 is 0 Å². The molecule has 0 spiro atoms. The van der Waals surface area contributed by atoms with Crippen LogP contribution >= 0.6 is 0 Å². The van der Waals surface area contributed by atoms with Crippen molar-refractivity contribution in [2.24, 2.45) is 0 Å². The number of aryl methyl sites for hydroxylation is 2. The van der Waals surface area contributed by atoms with Crippen molar-refractivity contribution in [1.29, 1.82) is 0 Å². The Balaban J connectivity index is 1.90. The quantitative estimate of drug-likeness (QED) is 0.830.